The third-order valence-electron chi connectivity index (χ3n) is 4.71. The fourth-order valence-corrected chi connectivity index (χ4v) is 3.30. The molecular weight excluding hydrogens is 262 g/mol. The lowest BCUT2D eigenvalue weighted by Crippen LogP contribution is -2.49. The molecule has 2 aliphatic rings. The molecule has 3 rings (SSSR count). The number of carbonyl (C=O) groups is 1. The summed E-state index contributed by atoms with van der Waals surface area (Å²) in [6.07, 6.45) is 3.42. The van der Waals surface area contributed by atoms with Gasteiger partial charge in [-0.2, -0.15) is 0 Å². The molecule has 0 saturated carbocycles. The van der Waals surface area contributed by atoms with Gasteiger partial charge in [-0.15, -0.1) is 0 Å². The van der Waals surface area contributed by atoms with E-state index in [0.29, 0.717) is 0 Å². The lowest BCUT2D eigenvalue weighted by Gasteiger charge is -2.30. The van der Waals surface area contributed by atoms with Gasteiger partial charge in [0.25, 0.3) is 0 Å². The van der Waals surface area contributed by atoms with Crippen LogP contribution in [0, 0.1) is 0 Å². The van der Waals surface area contributed by atoms with Crippen molar-refractivity contribution >= 4 is 5.91 Å². The summed E-state index contributed by atoms with van der Waals surface area (Å²) in [5, 5.41) is 3.38. The van der Waals surface area contributed by atoms with Crippen LogP contribution < -0.4 is 5.32 Å². The molecule has 1 N–H and O–H groups in total. The van der Waals surface area contributed by atoms with E-state index in [4.69, 9.17) is 0 Å². The predicted molar refractivity (Wildman–Crippen MR) is 84.1 cm³/mol. The summed E-state index contributed by atoms with van der Waals surface area (Å²) in [5.74, 6) is 0.226. The van der Waals surface area contributed by atoms with Crippen LogP contribution in [0.15, 0.2) is 24.3 Å². The Labute approximate surface area is 127 Å². The predicted octanol–water partition coefficient (Wildman–Crippen LogP) is 1.26. The number of rotatable bonds is 4. The molecule has 1 saturated heterocycles. The molecule has 4 heteroatoms. The summed E-state index contributed by atoms with van der Waals surface area (Å²) >= 11 is 0. The minimum atomic E-state index is -0.0662. The van der Waals surface area contributed by atoms with Crippen LogP contribution in [-0.4, -0.2) is 55.0 Å². The van der Waals surface area contributed by atoms with Crippen LogP contribution >= 0.6 is 0 Å². The minimum Gasteiger partial charge on any atom is -0.343 e. The van der Waals surface area contributed by atoms with E-state index < -0.39 is 0 Å². The third kappa shape index (κ3) is 3.44. The van der Waals surface area contributed by atoms with Crippen molar-refractivity contribution in [1.29, 1.82) is 0 Å². The second-order valence-electron chi connectivity index (χ2n) is 6.21. The van der Waals surface area contributed by atoms with Crippen molar-refractivity contribution in [3.05, 3.63) is 35.4 Å². The highest BCUT2D eigenvalue weighted by Gasteiger charge is 2.26. The molecule has 1 aromatic rings. The number of amides is 1. The Hall–Kier alpha value is -1.39. The minimum absolute atomic E-state index is 0.0662. The first-order valence-corrected chi connectivity index (χ1v) is 8.01. The van der Waals surface area contributed by atoms with E-state index in [9.17, 15) is 4.79 Å². The molecule has 114 valence electrons. The summed E-state index contributed by atoms with van der Waals surface area (Å²) in [4.78, 5) is 16.9. The largest absolute Gasteiger partial charge is 0.343 e. The number of carbonyl (C=O) groups excluding carboxylic acids is 1. The molecule has 1 aromatic carbocycles. The molecule has 1 atom stereocenters. The summed E-state index contributed by atoms with van der Waals surface area (Å²) in [6, 6.07) is 8.33. The Kier molecular flexibility index (Phi) is 4.56. The molecule has 0 unspecified atom stereocenters. The Balaban J connectivity index is 1.53. The van der Waals surface area contributed by atoms with Crippen molar-refractivity contribution in [1.82, 2.24) is 15.1 Å². The molecular formula is C17H25N3O. The van der Waals surface area contributed by atoms with Crippen LogP contribution in [0.25, 0.3) is 0 Å². The number of benzene rings is 1. The van der Waals surface area contributed by atoms with Crippen LogP contribution in [0.3, 0.4) is 0 Å². The van der Waals surface area contributed by atoms with Crippen LogP contribution in [0.2, 0.25) is 0 Å². The van der Waals surface area contributed by atoms with Gasteiger partial charge in [0.05, 0.1) is 6.04 Å². The Morgan fingerprint density at radius 3 is 2.76 bits per heavy atom. The standard InChI is InChI=1S/C17H25N3O/c1-19(10-11-20-8-4-5-9-20)17(21)16-12-14-6-2-3-7-15(14)13-18-16/h2-3,6-7,16,18H,4-5,8-13H2,1H3/t16-/m0/s1. The van der Waals surface area contributed by atoms with Crippen LogP contribution in [0.4, 0.5) is 0 Å². The highest BCUT2D eigenvalue weighted by Crippen LogP contribution is 2.17. The number of likely N-dealkylation sites (tertiary alicyclic amines) is 1. The van der Waals surface area contributed by atoms with E-state index in [0.717, 1.165) is 26.1 Å². The van der Waals surface area contributed by atoms with Crippen molar-refractivity contribution in [2.75, 3.05) is 33.2 Å². The van der Waals surface area contributed by atoms with E-state index in [1.54, 1.807) is 0 Å². The number of hydrogen-bond donors (Lipinski definition) is 1. The van der Waals surface area contributed by atoms with Crippen molar-refractivity contribution in [2.24, 2.45) is 0 Å². The maximum Gasteiger partial charge on any atom is 0.239 e. The van der Waals surface area contributed by atoms with Gasteiger partial charge in [0.15, 0.2) is 0 Å². The summed E-state index contributed by atoms with van der Waals surface area (Å²) in [6.45, 7) is 5.02. The molecule has 2 aliphatic heterocycles. The van der Waals surface area contributed by atoms with Crippen molar-refractivity contribution in [3.8, 4) is 0 Å². The van der Waals surface area contributed by atoms with Gasteiger partial charge < -0.3 is 15.1 Å². The quantitative estimate of drug-likeness (QED) is 0.905. The number of likely N-dealkylation sites (N-methyl/N-ethyl adjacent to an activating group) is 1. The highest BCUT2D eigenvalue weighted by molar-refractivity contribution is 5.82. The van der Waals surface area contributed by atoms with Gasteiger partial charge in [0, 0.05) is 26.7 Å². The number of fused-ring (bicyclic) bond motifs is 1. The second-order valence-corrected chi connectivity index (χ2v) is 6.21. The molecule has 0 bridgehead atoms. The first kappa shape index (κ1) is 14.5. The maximum atomic E-state index is 12.6. The molecule has 0 aromatic heterocycles. The third-order valence-corrected chi connectivity index (χ3v) is 4.71. The zero-order valence-electron chi connectivity index (χ0n) is 12.8. The van der Waals surface area contributed by atoms with Gasteiger partial charge in [-0.25, -0.2) is 0 Å². The fraction of sp³-hybridized carbons (Fsp3) is 0.588. The first-order valence-electron chi connectivity index (χ1n) is 8.01. The molecule has 2 heterocycles. The second kappa shape index (κ2) is 6.58. The topological polar surface area (TPSA) is 35.6 Å². The zero-order chi connectivity index (χ0) is 14.7. The molecule has 4 nitrogen and oxygen atoms in total. The van der Waals surface area contributed by atoms with E-state index in [2.05, 4.69) is 34.5 Å². The Morgan fingerprint density at radius 1 is 1.29 bits per heavy atom. The highest BCUT2D eigenvalue weighted by atomic mass is 16.2. The monoisotopic (exact) mass is 287 g/mol. The fourth-order valence-electron chi connectivity index (χ4n) is 3.30. The van der Waals surface area contributed by atoms with E-state index in [-0.39, 0.29) is 11.9 Å². The van der Waals surface area contributed by atoms with Crippen molar-refractivity contribution in [2.45, 2.75) is 31.8 Å². The summed E-state index contributed by atoms with van der Waals surface area (Å²) in [7, 11) is 1.93. The van der Waals surface area contributed by atoms with Gasteiger partial charge in [-0.05, 0) is 43.5 Å². The van der Waals surface area contributed by atoms with Crippen LogP contribution in [-0.2, 0) is 17.8 Å². The molecule has 0 aliphatic carbocycles. The lowest BCUT2D eigenvalue weighted by molar-refractivity contribution is -0.132. The number of hydrogen-bond acceptors (Lipinski definition) is 3. The van der Waals surface area contributed by atoms with Crippen LogP contribution in [0.5, 0.6) is 0 Å². The average molecular weight is 287 g/mol. The average Bonchev–Trinajstić information content (AvgIpc) is 3.05. The first-order chi connectivity index (χ1) is 10.2. The Morgan fingerprint density at radius 2 is 2.00 bits per heavy atom. The smallest absolute Gasteiger partial charge is 0.239 e. The van der Waals surface area contributed by atoms with Crippen LogP contribution in [0.1, 0.15) is 24.0 Å². The summed E-state index contributed by atoms with van der Waals surface area (Å²) in [5.41, 5.74) is 2.63. The van der Waals surface area contributed by atoms with E-state index in [1.165, 1.54) is 37.1 Å². The molecule has 21 heavy (non-hydrogen) atoms. The SMILES string of the molecule is CN(CCN1CCCC1)C(=O)[C@@H]1Cc2ccccc2CN1. The molecule has 0 spiro atoms. The van der Waals surface area contributed by atoms with E-state index >= 15 is 0 Å². The van der Waals surface area contributed by atoms with Gasteiger partial charge in [0.1, 0.15) is 0 Å². The molecule has 1 amide bonds. The zero-order valence-corrected chi connectivity index (χ0v) is 12.8. The molecule has 0 radical (unpaired) electrons. The van der Waals surface area contributed by atoms with Gasteiger partial charge in [0.2, 0.25) is 5.91 Å². The number of nitrogens with zero attached hydrogens (tertiary/aromatic N) is 2. The normalized spacial score (nSPS) is 22.0. The maximum absolute atomic E-state index is 12.6. The van der Waals surface area contributed by atoms with Crippen molar-refractivity contribution in [3.63, 3.8) is 0 Å². The number of nitrogens with one attached hydrogen (secondary N) is 1. The van der Waals surface area contributed by atoms with Gasteiger partial charge >= 0.3 is 0 Å². The molecule has 1 fully saturated rings. The summed E-state index contributed by atoms with van der Waals surface area (Å²) < 4.78 is 0. The Bertz CT molecular complexity index is 497. The van der Waals surface area contributed by atoms with E-state index in [1.807, 2.05) is 11.9 Å². The van der Waals surface area contributed by atoms with Gasteiger partial charge in [-0.1, -0.05) is 24.3 Å². The van der Waals surface area contributed by atoms with Gasteiger partial charge in [-0.3, -0.25) is 4.79 Å². The van der Waals surface area contributed by atoms with Crippen molar-refractivity contribution < 1.29 is 4.79 Å². The lowest BCUT2D eigenvalue weighted by atomic mass is 9.95.